The van der Waals surface area contributed by atoms with E-state index < -0.39 is 0 Å². The maximum Gasteiger partial charge on any atom is 0.227 e. The van der Waals surface area contributed by atoms with Gasteiger partial charge in [0.05, 0.1) is 6.10 Å². The molecule has 1 amide bonds. The van der Waals surface area contributed by atoms with Crippen LogP contribution in [0.2, 0.25) is 0 Å². The first kappa shape index (κ1) is 21.8. The fourth-order valence-corrected chi connectivity index (χ4v) is 4.86. The summed E-state index contributed by atoms with van der Waals surface area (Å²) in [7, 11) is 0. The summed E-state index contributed by atoms with van der Waals surface area (Å²) in [6, 6.07) is 8.66. The molecule has 1 aromatic heterocycles. The Balaban J connectivity index is 1.50. The van der Waals surface area contributed by atoms with Gasteiger partial charge in [0.1, 0.15) is 0 Å². The van der Waals surface area contributed by atoms with Gasteiger partial charge in [0.15, 0.2) is 5.82 Å². The van der Waals surface area contributed by atoms with Crippen molar-refractivity contribution in [1.29, 1.82) is 0 Å². The standard InChI is InChI=1S/C24H35N5O2/c1-4-31-21-15-19(16-21)9-14-29-23(22-8-6-5-7-17(22)2)26-27-24(29)28-12-10-20(11-13-28)25-18(3)30/h5-8,19-21H,4,9-16H2,1-3H3,(H,25,30). The van der Waals surface area contributed by atoms with Gasteiger partial charge >= 0.3 is 0 Å². The molecular weight excluding hydrogens is 390 g/mol. The number of hydrogen-bond acceptors (Lipinski definition) is 5. The highest BCUT2D eigenvalue weighted by Crippen LogP contribution is 2.35. The largest absolute Gasteiger partial charge is 0.378 e. The van der Waals surface area contributed by atoms with E-state index in [-0.39, 0.29) is 11.9 Å². The highest BCUT2D eigenvalue weighted by atomic mass is 16.5. The molecule has 4 rings (SSSR count). The Kier molecular flexibility index (Phi) is 6.90. The molecular formula is C24H35N5O2. The van der Waals surface area contributed by atoms with Crippen LogP contribution in [0.15, 0.2) is 24.3 Å². The smallest absolute Gasteiger partial charge is 0.227 e. The summed E-state index contributed by atoms with van der Waals surface area (Å²) in [5, 5.41) is 12.3. The number of benzene rings is 1. The molecule has 7 nitrogen and oxygen atoms in total. The van der Waals surface area contributed by atoms with Crippen LogP contribution in [0.3, 0.4) is 0 Å². The third-order valence-corrected chi connectivity index (χ3v) is 6.66. The molecule has 2 aliphatic rings. The predicted molar refractivity (Wildman–Crippen MR) is 122 cm³/mol. The first-order chi connectivity index (χ1) is 15.0. The molecule has 2 heterocycles. The summed E-state index contributed by atoms with van der Waals surface area (Å²) in [4.78, 5) is 13.7. The van der Waals surface area contributed by atoms with Crippen LogP contribution in [0.1, 0.15) is 51.5 Å². The van der Waals surface area contributed by atoms with E-state index in [0.29, 0.717) is 12.0 Å². The first-order valence-electron chi connectivity index (χ1n) is 11.7. The molecule has 168 valence electrons. The van der Waals surface area contributed by atoms with Crippen molar-refractivity contribution in [1.82, 2.24) is 20.1 Å². The van der Waals surface area contributed by atoms with E-state index in [1.165, 1.54) is 5.56 Å². The number of rotatable bonds is 8. The van der Waals surface area contributed by atoms with E-state index in [4.69, 9.17) is 4.74 Å². The molecule has 1 aromatic carbocycles. The number of anilines is 1. The molecule has 1 aliphatic heterocycles. The third kappa shape index (κ3) is 5.09. The van der Waals surface area contributed by atoms with Crippen molar-refractivity contribution in [2.75, 3.05) is 24.6 Å². The molecule has 2 fully saturated rings. The van der Waals surface area contributed by atoms with Crippen LogP contribution in [-0.4, -0.2) is 52.5 Å². The number of piperidine rings is 1. The maximum atomic E-state index is 11.4. The van der Waals surface area contributed by atoms with Crippen LogP contribution in [-0.2, 0) is 16.1 Å². The Hall–Kier alpha value is -2.41. The van der Waals surface area contributed by atoms with E-state index in [9.17, 15) is 4.79 Å². The van der Waals surface area contributed by atoms with Crippen molar-refractivity contribution in [3.05, 3.63) is 29.8 Å². The molecule has 31 heavy (non-hydrogen) atoms. The molecule has 1 N–H and O–H groups in total. The summed E-state index contributed by atoms with van der Waals surface area (Å²) < 4.78 is 8.06. The molecule has 2 aromatic rings. The Morgan fingerprint density at radius 1 is 1.19 bits per heavy atom. The number of nitrogens with zero attached hydrogens (tertiary/aromatic N) is 4. The minimum atomic E-state index is 0.0503. The van der Waals surface area contributed by atoms with Gasteiger partial charge in [-0.05, 0) is 57.4 Å². The summed E-state index contributed by atoms with van der Waals surface area (Å²) in [6.45, 7) is 9.28. The number of carbonyl (C=O) groups is 1. The zero-order valence-electron chi connectivity index (χ0n) is 19.0. The average molecular weight is 426 g/mol. The lowest BCUT2D eigenvalue weighted by molar-refractivity contribution is -0.119. The molecule has 0 spiro atoms. The Morgan fingerprint density at radius 2 is 1.94 bits per heavy atom. The highest BCUT2D eigenvalue weighted by molar-refractivity contribution is 5.73. The number of nitrogens with one attached hydrogen (secondary N) is 1. The molecule has 1 aliphatic carbocycles. The van der Waals surface area contributed by atoms with Gasteiger partial charge < -0.3 is 15.0 Å². The van der Waals surface area contributed by atoms with Gasteiger partial charge in [-0.25, -0.2) is 0 Å². The van der Waals surface area contributed by atoms with Crippen molar-refractivity contribution >= 4 is 11.9 Å². The molecule has 7 heteroatoms. The van der Waals surface area contributed by atoms with Crippen LogP contribution in [0, 0.1) is 12.8 Å². The molecule has 1 saturated heterocycles. The van der Waals surface area contributed by atoms with Crippen molar-refractivity contribution in [2.45, 2.75) is 71.6 Å². The summed E-state index contributed by atoms with van der Waals surface area (Å²) in [5.74, 6) is 2.68. The molecule has 0 atom stereocenters. The lowest BCUT2D eigenvalue weighted by Gasteiger charge is -2.36. The molecule has 0 unspecified atom stereocenters. The number of aromatic nitrogens is 3. The van der Waals surface area contributed by atoms with Crippen molar-refractivity contribution in [3.63, 3.8) is 0 Å². The lowest BCUT2D eigenvalue weighted by atomic mass is 9.80. The molecule has 0 radical (unpaired) electrons. The second-order valence-electron chi connectivity index (χ2n) is 8.96. The zero-order valence-corrected chi connectivity index (χ0v) is 19.0. The molecule has 0 bridgehead atoms. The van der Waals surface area contributed by atoms with Crippen LogP contribution in [0.25, 0.3) is 11.4 Å². The summed E-state index contributed by atoms with van der Waals surface area (Å²) >= 11 is 0. The van der Waals surface area contributed by atoms with Gasteiger partial charge in [0, 0.05) is 44.8 Å². The zero-order chi connectivity index (χ0) is 21.8. The van der Waals surface area contributed by atoms with Gasteiger partial charge in [-0.15, -0.1) is 10.2 Å². The quantitative estimate of drug-likeness (QED) is 0.700. The van der Waals surface area contributed by atoms with Crippen molar-refractivity contribution < 1.29 is 9.53 Å². The van der Waals surface area contributed by atoms with Crippen LogP contribution < -0.4 is 10.2 Å². The Labute approximate surface area is 185 Å². The minimum absolute atomic E-state index is 0.0503. The number of amides is 1. The second-order valence-corrected chi connectivity index (χ2v) is 8.96. The van der Waals surface area contributed by atoms with Gasteiger partial charge in [-0.2, -0.15) is 0 Å². The second kappa shape index (κ2) is 9.81. The van der Waals surface area contributed by atoms with Crippen LogP contribution >= 0.6 is 0 Å². The van der Waals surface area contributed by atoms with Gasteiger partial charge in [-0.1, -0.05) is 24.3 Å². The SMILES string of the molecule is CCOC1CC(CCn2c(-c3ccccc3C)nnc2N2CCC(NC(C)=O)CC2)C1. The monoisotopic (exact) mass is 425 g/mol. The summed E-state index contributed by atoms with van der Waals surface area (Å²) in [5.41, 5.74) is 2.36. The molecule has 1 saturated carbocycles. The first-order valence-corrected chi connectivity index (χ1v) is 11.7. The fraction of sp³-hybridized carbons (Fsp3) is 0.625. The summed E-state index contributed by atoms with van der Waals surface area (Å²) in [6.07, 6.45) is 5.75. The predicted octanol–water partition coefficient (Wildman–Crippen LogP) is 3.56. The van der Waals surface area contributed by atoms with Gasteiger partial charge in [0.25, 0.3) is 0 Å². The van der Waals surface area contributed by atoms with Crippen LogP contribution in [0.4, 0.5) is 5.95 Å². The Bertz CT molecular complexity index is 882. The lowest BCUT2D eigenvalue weighted by Crippen LogP contribution is -2.44. The number of ether oxygens (including phenoxy) is 1. The minimum Gasteiger partial charge on any atom is -0.378 e. The third-order valence-electron chi connectivity index (χ3n) is 6.66. The normalized spacial score (nSPS) is 21.7. The van der Waals surface area contributed by atoms with Gasteiger partial charge in [0.2, 0.25) is 11.9 Å². The highest BCUT2D eigenvalue weighted by Gasteiger charge is 2.31. The fourth-order valence-electron chi connectivity index (χ4n) is 4.86. The Morgan fingerprint density at radius 3 is 2.61 bits per heavy atom. The van der Waals surface area contributed by atoms with Gasteiger partial charge in [-0.3, -0.25) is 9.36 Å². The maximum absolute atomic E-state index is 11.4. The van der Waals surface area contributed by atoms with E-state index in [1.807, 2.05) is 0 Å². The van der Waals surface area contributed by atoms with E-state index in [0.717, 1.165) is 75.7 Å². The van der Waals surface area contributed by atoms with Crippen LogP contribution in [0.5, 0.6) is 0 Å². The topological polar surface area (TPSA) is 72.3 Å². The van der Waals surface area contributed by atoms with E-state index in [2.05, 4.69) is 63.1 Å². The number of carbonyl (C=O) groups excluding carboxylic acids is 1. The van der Waals surface area contributed by atoms with E-state index >= 15 is 0 Å². The average Bonchev–Trinajstić information content (AvgIpc) is 3.13. The van der Waals surface area contributed by atoms with Crippen molar-refractivity contribution in [3.8, 4) is 11.4 Å². The van der Waals surface area contributed by atoms with E-state index in [1.54, 1.807) is 6.92 Å². The van der Waals surface area contributed by atoms with Crippen molar-refractivity contribution in [2.24, 2.45) is 5.92 Å². The number of aryl methyl sites for hydroxylation is 1. The number of hydrogen-bond donors (Lipinski definition) is 1.